The highest BCUT2D eigenvalue weighted by atomic mass is 15.3. The molecule has 5 nitrogen and oxygen atoms in total. The molecule has 0 saturated carbocycles. The number of aryl methyl sites for hydroxylation is 1. The van der Waals surface area contributed by atoms with Gasteiger partial charge in [-0.2, -0.15) is 0 Å². The number of hydrazine groups is 1. The van der Waals surface area contributed by atoms with E-state index in [4.69, 9.17) is 5.84 Å². The molecular weight excluding hydrogens is 262 g/mol. The molecule has 0 aliphatic carbocycles. The van der Waals surface area contributed by atoms with Gasteiger partial charge in [-0.3, -0.25) is 4.90 Å². The number of nitrogens with one attached hydrogen (secondary N) is 1. The highest BCUT2D eigenvalue weighted by Gasteiger charge is 2.24. The number of nitrogens with zero attached hydrogens (tertiary/aromatic N) is 3. The summed E-state index contributed by atoms with van der Waals surface area (Å²) in [6, 6.07) is 12.6. The van der Waals surface area contributed by atoms with Gasteiger partial charge in [-0.15, -0.1) is 0 Å². The fourth-order valence-electron chi connectivity index (χ4n) is 2.95. The van der Waals surface area contributed by atoms with Crippen LogP contribution in [0.3, 0.4) is 0 Å². The van der Waals surface area contributed by atoms with Gasteiger partial charge in [0.15, 0.2) is 0 Å². The van der Waals surface area contributed by atoms with E-state index in [1.54, 1.807) is 0 Å². The molecule has 5 heteroatoms. The molecule has 3 rings (SSSR count). The van der Waals surface area contributed by atoms with Crippen molar-refractivity contribution >= 4 is 5.82 Å². The Labute approximate surface area is 125 Å². The summed E-state index contributed by atoms with van der Waals surface area (Å²) in [6.45, 7) is 4.89. The van der Waals surface area contributed by atoms with Crippen LogP contribution in [0.1, 0.15) is 29.4 Å². The van der Waals surface area contributed by atoms with Gasteiger partial charge in [0.05, 0.1) is 6.54 Å². The maximum absolute atomic E-state index is 5.44. The molecule has 1 saturated heterocycles. The quantitative estimate of drug-likeness (QED) is 0.664. The number of hydrogen-bond donors (Lipinski definition) is 2. The lowest BCUT2D eigenvalue weighted by Gasteiger charge is -2.16. The summed E-state index contributed by atoms with van der Waals surface area (Å²) >= 11 is 0. The summed E-state index contributed by atoms with van der Waals surface area (Å²) in [5.74, 6) is 7.56. The van der Waals surface area contributed by atoms with E-state index in [-0.39, 0.29) is 0 Å². The van der Waals surface area contributed by atoms with Crippen LogP contribution in [0.15, 0.2) is 36.4 Å². The van der Waals surface area contributed by atoms with E-state index in [1.165, 1.54) is 12.0 Å². The maximum atomic E-state index is 5.44. The summed E-state index contributed by atoms with van der Waals surface area (Å²) in [5, 5.41) is 0. The SMILES string of the molecule is Cc1cc(NN)nc(CN2CCC(c3ccccc3)C2)n1. The third kappa shape index (κ3) is 3.37. The Morgan fingerprint density at radius 2 is 2.10 bits per heavy atom. The first kappa shape index (κ1) is 14.0. The number of likely N-dealkylation sites (tertiary alicyclic amines) is 1. The second-order valence-electron chi connectivity index (χ2n) is 5.59. The van der Waals surface area contributed by atoms with Crippen molar-refractivity contribution < 1.29 is 0 Å². The first-order valence-electron chi connectivity index (χ1n) is 7.33. The lowest BCUT2D eigenvalue weighted by Crippen LogP contribution is -2.22. The number of aromatic nitrogens is 2. The normalized spacial score (nSPS) is 18.9. The standard InChI is InChI=1S/C16H21N5/c1-12-9-15(20-17)19-16(18-12)11-21-8-7-14(10-21)13-5-3-2-4-6-13/h2-6,9,14H,7-8,10-11,17H2,1H3,(H,18,19,20). The Bertz CT molecular complexity index is 599. The van der Waals surface area contributed by atoms with Crippen molar-refractivity contribution in [2.75, 3.05) is 18.5 Å². The van der Waals surface area contributed by atoms with Gasteiger partial charge in [0.1, 0.15) is 11.6 Å². The van der Waals surface area contributed by atoms with Crippen molar-refractivity contribution in [1.29, 1.82) is 0 Å². The van der Waals surface area contributed by atoms with Crippen LogP contribution in [-0.4, -0.2) is 28.0 Å². The molecule has 1 aliphatic heterocycles. The van der Waals surface area contributed by atoms with Gasteiger partial charge in [0.25, 0.3) is 0 Å². The number of nitrogen functional groups attached to an aromatic ring is 1. The number of hydrogen-bond acceptors (Lipinski definition) is 5. The molecule has 3 N–H and O–H groups in total. The van der Waals surface area contributed by atoms with Crippen molar-refractivity contribution in [2.45, 2.75) is 25.8 Å². The molecule has 2 aromatic rings. The molecule has 1 aliphatic rings. The predicted molar refractivity (Wildman–Crippen MR) is 83.7 cm³/mol. The molecule has 1 aromatic heterocycles. The Morgan fingerprint density at radius 3 is 2.86 bits per heavy atom. The van der Waals surface area contributed by atoms with E-state index in [9.17, 15) is 0 Å². The number of benzene rings is 1. The van der Waals surface area contributed by atoms with E-state index < -0.39 is 0 Å². The molecule has 0 bridgehead atoms. The van der Waals surface area contributed by atoms with Gasteiger partial charge in [-0.25, -0.2) is 15.8 Å². The van der Waals surface area contributed by atoms with E-state index in [0.717, 1.165) is 31.2 Å². The van der Waals surface area contributed by atoms with Gasteiger partial charge in [0, 0.05) is 18.3 Å². The molecule has 0 spiro atoms. The Morgan fingerprint density at radius 1 is 1.29 bits per heavy atom. The van der Waals surface area contributed by atoms with Crippen LogP contribution in [0.2, 0.25) is 0 Å². The van der Waals surface area contributed by atoms with Gasteiger partial charge >= 0.3 is 0 Å². The molecule has 1 unspecified atom stereocenters. The third-order valence-corrected chi connectivity index (χ3v) is 3.96. The fourth-order valence-corrected chi connectivity index (χ4v) is 2.95. The second kappa shape index (κ2) is 6.20. The molecule has 1 atom stereocenters. The van der Waals surface area contributed by atoms with Crippen LogP contribution in [0, 0.1) is 6.92 Å². The highest BCUT2D eigenvalue weighted by Crippen LogP contribution is 2.27. The first-order chi connectivity index (χ1) is 10.2. The van der Waals surface area contributed by atoms with Gasteiger partial charge in [-0.05, 0) is 31.4 Å². The molecule has 0 amide bonds. The predicted octanol–water partition coefficient (Wildman–Crippen LogP) is 2.06. The van der Waals surface area contributed by atoms with Crippen molar-refractivity contribution in [1.82, 2.24) is 14.9 Å². The Hall–Kier alpha value is -1.98. The highest BCUT2D eigenvalue weighted by molar-refractivity contribution is 5.34. The molecule has 1 aromatic carbocycles. The van der Waals surface area contributed by atoms with Crippen LogP contribution >= 0.6 is 0 Å². The van der Waals surface area contributed by atoms with Crippen molar-refractivity contribution in [3.8, 4) is 0 Å². The topological polar surface area (TPSA) is 67.1 Å². The van der Waals surface area contributed by atoms with Crippen LogP contribution in [0.25, 0.3) is 0 Å². The summed E-state index contributed by atoms with van der Waals surface area (Å²) in [5.41, 5.74) is 4.96. The average molecular weight is 283 g/mol. The monoisotopic (exact) mass is 283 g/mol. The number of nitrogens with two attached hydrogens (primary N) is 1. The molecule has 2 heterocycles. The minimum absolute atomic E-state index is 0.614. The Balaban J connectivity index is 1.66. The second-order valence-corrected chi connectivity index (χ2v) is 5.59. The zero-order valence-corrected chi connectivity index (χ0v) is 12.3. The van der Waals surface area contributed by atoms with Crippen LogP contribution in [0.4, 0.5) is 5.82 Å². The zero-order valence-electron chi connectivity index (χ0n) is 12.3. The Kier molecular flexibility index (Phi) is 4.13. The van der Waals surface area contributed by atoms with Crippen LogP contribution < -0.4 is 11.3 Å². The average Bonchev–Trinajstić information content (AvgIpc) is 2.96. The smallest absolute Gasteiger partial charge is 0.145 e. The van der Waals surface area contributed by atoms with Crippen molar-refractivity contribution in [3.63, 3.8) is 0 Å². The van der Waals surface area contributed by atoms with E-state index in [1.807, 2.05) is 13.0 Å². The van der Waals surface area contributed by atoms with Gasteiger partial charge in [0.2, 0.25) is 0 Å². The molecule has 110 valence electrons. The van der Waals surface area contributed by atoms with E-state index in [0.29, 0.717) is 11.7 Å². The summed E-state index contributed by atoms with van der Waals surface area (Å²) in [6.07, 6.45) is 1.19. The summed E-state index contributed by atoms with van der Waals surface area (Å²) < 4.78 is 0. The first-order valence-corrected chi connectivity index (χ1v) is 7.33. The summed E-state index contributed by atoms with van der Waals surface area (Å²) in [7, 11) is 0. The van der Waals surface area contributed by atoms with Crippen LogP contribution in [0.5, 0.6) is 0 Å². The number of rotatable bonds is 4. The molecular formula is C16H21N5. The maximum Gasteiger partial charge on any atom is 0.145 e. The van der Waals surface area contributed by atoms with Crippen LogP contribution in [-0.2, 0) is 6.54 Å². The zero-order chi connectivity index (χ0) is 14.7. The largest absolute Gasteiger partial charge is 0.308 e. The fraction of sp³-hybridized carbons (Fsp3) is 0.375. The van der Waals surface area contributed by atoms with Crippen molar-refractivity contribution in [3.05, 3.63) is 53.5 Å². The number of anilines is 1. The van der Waals surface area contributed by atoms with E-state index in [2.05, 4.69) is 50.6 Å². The minimum atomic E-state index is 0.614. The molecule has 0 radical (unpaired) electrons. The third-order valence-electron chi connectivity index (χ3n) is 3.96. The minimum Gasteiger partial charge on any atom is -0.308 e. The lowest BCUT2D eigenvalue weighted by molar-refractivity contribution is 0.318. The van der Waals surface area contributed by atoms with Crippen molar-refractivity contribution in [2.24, 2.45) is 5.84 Å². The molecule has 1 fully saturated rings. The van der Waals surface area contributed by atoms with Gasteiger partial charge < -0.3 is 5.43 Å². The lowest BCUT2D eigenvalue weighted by atomic mass is 9.99. The van der Waals surface area contributed by atoms with E-state index >= 15 is 0 Å². The summed E-state index contributed by atoms with van der Waals surface area (Å²) in [4.78, 5) is 11.3. The van der Waals surface area contributed by atoms with Gasteiger partial charge in [-0.1, -0.05) is 30.3 Å². The molecule has 21 heavy (non-hydrogen) atoms.